The van der Waals surface area contributed by atoms with Gasteiger partial charge in [-0.2, -0.15) is 0 Å². The number of ether oxygens (including phenoxy) is 2. The first-order chi connectivity index (χ1) is 5.54. The van der Waals surface area contributed by atoms with Crippen molar-refractivity contribution in [3.05, 3.63) is 0 Å². The molecule has 2 atom stereocenters. The molecule has 2 N–H and O–H groups in total. The van der Waals surface area contributed by atoms with Gasteiger partial charge in [-0.3, -0.25) is 0 Å². The maximum absolute atomic E-state index is 8.43. The van der Waals surface area contributed by atoms with Crippen molar-refractivity contribution in [1.82, 2.24) is 0 Å². The van der Waals surface area contributed by atoms with Crippen LogP contribution in [0.1, 0.15) is 13.8 Å². The van der Waals surface area contributed by atoms with Gasteiger partial charge in [0.25, 0.3) is 0 Å². The maximum Gasteiger partial charge on any atom is 0.0745 e. The summed E-state index contributed by atoms with van der Waals surface area (Å²) in [4.78, 5) is 0. The summed E-state index contributed by atoms with van der Waals surface area (Å²) >= 11 is 0. The molecule has 0 saturated carbocycles. The van der Waals surface area contributed by atoms with Crippen LogP contribution in [0.5, 0.6) is 0 Å². The van der Waals surface area contributed by atoms with Crippen molar-refractivity contribution in [3.8, 4) is 0 Å². The summed E-state index contributed by atoms with van der Waals surface area (Å²) in [5.41, 5.74) is 0. The molecule has 0 radical (unpaired) electrons. The van der Waals surface area contributed by atoms with Gasteiger partial charge < -0.3 is 19.7 Å². The van der Waals surface area contributed by atoms with Crippen molar-refractivity contribution in [2.75, 3.05) is 27.4 Å². The van der Waals surface area contributed by atoms with E-state index in [-0.39, 0.29) is 31.7 Å². The van der Waals surface area contributed by atoms with E-state index in [9.17, 15) is 0 Å². The van der Waals surface area contributed by atoms with E-state index in [0.717, 1.165) is 0 Å². The molecule has 0 aliphatic rings. The molecular formula is C8H20O4Zn. The summed E-state index contributed by atoms with van der Waals surface area (Å²) in [7, 11) is 3.12. The number of rotatable bonds is 4. The van der Waals surface area contributed by atoms with Crippen molar-refractivity contribution >= 4 is 0 Å². The summed E-state index contributed by atoms with van der Waals surface area (Å²) in [6, 6.07) is 0. The van der Waals surface area contributed by atoms with Gasteiger partial charge in [-0.1, -0.05) is 0 Å². The fourth-order valence-electron chi connectivity index (χ4n) is 0.482. The quantitative estimate of drug-likeness (QED) is 0.686. The molecule has 0 aromatic carbocycles. The molecule has 0 bridgehead atoms. The summed E-state index contributed by atoms with van der Waals surface area (Å²) in [5, 5.41) is 16.9. The minimum atomic E-state index is -0.324. The molecule has 0 heterocycles. The Morgan fingerprint density at radius 1 is 0.923 bits per heavy atom. The minimum Gasteiger partial charge on any atom is -0.391 e. The molecule has 0 fully saturated rings. The van der Waals surface area contributed by atoms with E-state index < -0.39 is 0 Å². The number of aliphatic hydroxyl groups is 2. The third-order valence-corrected chi connectivity index (χ3v) is 0.816. The molecule has 0 rings (SSSR count). The Morgan fingerprint density at radius 3 is 1.15 bits per heavy atom. The van der Waals surface area contributed by atoms with Crippen LogP contribution < -0.4 is 0 Å². The summed E-state index contributed by atoms with van der Waals surface area (Å²) in [6.07, 6.45) is -0.648. The van der Waals surface area contributed by atoms with Crippen LogP contribution in [-0.4, -0.2) is 49.9 Å². The Bertz CT molecular complexity index is 68.5. The fourth-order valence-corrected chi connectivity index (χ4v) is 0.482. The molecule has 0 aliphatic heterocycles. The Balaban J connectivity index is -0.000000143. The van der Waals surface area contributed by atoms with E-state index in [0.29, 0.717) is 13.2 Å². The first kappa shape index (κ1) is 19.1. The first-order valence-corrected chi connectivity index (χ1v) is 3.88. The number of hydrogen-bond donors (Lipinski definition) is 2. The van der Waals surface area contributed by atoms with E-state index in [2.05, 4.69) is 9.47 Å². The largest absolute Gasteiger partial charge is 0.391 e. The van der Waals surface area contributed by atoms with Gasteiger partial charge in [-0.25, -0.2) is 0 Å². The zero-order chi connectivity index (χ0) is 9.98. The Hall–Kier alpha value is 0.463. The molecule has 4 nitrogen and oxygen atoms in total. The molecule has 2 unspecified atom stereocenters. The van der Waals surface area contributed by atoms with Gasteiger partial charge in [0, 0.05) is 33.7 Å². The first-order valence-electron chi connectivity index (χ1n) is 3.88. The summed E-state index contributed by atoms with van der Waals surface area (Å²) < 4.78 is 9.11. The van der Waals surface area contributed by atoms with Crippen molar-refractivity contribution in [3.63, 3.8) is 0 Å². The second-order valence-corrected chi connectivity index (χ2v) is 2.61. The average Bonchev–Trinajstić information content (AvgIpc) is 1.87. The zero-order valence-corrected chi connectivity index (χ0v) is 12.0. The van der Waals surface area contributed by atoms with E-state index in [1.54, 1.807) is 28.1 Å². The SMILES string of the molecule is COCC(C)O.COCC(C)O.[Zn]. The maximum atomic E-state index is 8.43. The van der Waals surface area contributed by atoms with Gasteiger partial charge in [-0.15, -0.1) is 0 Å². The van der Waals surface area contributed by atoms with Crippen LogP contribution in [0.25, 0.3) is 0 Å². The molecule has 5 heteroatoms. The van der Waals surface area contributed by atoms with E-state index in [4.69, 9.17) is 10.2 Å². The normalized spacial score (nSPS) is 13.4. The fraction of sp³-hybridized carbons (Fsp3) is 1.00. The monoisotopic (exact) mass is 244 g/mol. The van der Waals surface area contributed by atoms with E-state index in [1.165, 1.54) is 0 Å². The second-order valence-electron chi connectivity index (χ2n) is 2.61. The number of hydrogen-bond acceptors (Lipinski definition) is 4. The van der Waals surface area contributed by atoms with Gasteiger partial charge in [0.05, 0.1) is 25.4 Å². The summed E-state index contributed by atoms with van der Waals surface area (Å²) in [5.74, 6) is 0. The molecule has 0 amide bonds. The van der Waals surface area contributed by atoms with Crippen LogP contribution in [0.15, 0.2) is 0 Å². The Kier molecular flexibility index (Phi) is 22.0. The van der Waals surface area contributed by atoms with Crippen LogP contribution in [0, 0.1) is 0 Å². The van der Waals surface area contributed by atoms with Crippen molar-refractivity contribution in [2.24, 2.45) is 0 Å². The molecule has 0 aromatic heterocycles. The van der Waals surface area contributed by atoms with Crippen LogP contribution in [0.3, 0.4) is 0 Å². The molecule has 78 valence electrons. The van der Waals surface area contributed by atoms with E-state index >= 15 is 0 Å². The standard InChI is InChI=1S/2C4H10O2.Zn/c2*1-4(5)3-6-2;/h2*4-5H,3H2,1-2H3;. The van der Waals surface area contributed by atoms with Gasteiger partial charge in [0.2, 0.25) is 0 Å². The van der Waals surface area contributed by atoms with Crippen molar-refractivity contribution < 1.29 is 39.2 Å². The average molecular weight is 246 g/mol. The van der Waals surface area contributed by atoms with Gasteiger partial charge in [-0.05, 0) is 13.8 Å². The summed E-state index contributed by atoms with van der Waals surface area (Å²) in [6.45, 7) is 4.23. The van der Waals surface area contributed by atoms with Crippen LogP contribution >= 0.6 is 0 Å². The van der Waals surface area contributed by atoms with Crippen molar-refractivity contribution in [2.45, 2.75) is 26.1 Å². The number of aliphatic hydroxyl groups excluding tert-OH is 2. The molecule has 0 spiro atoms. The Labute approximate surface area is 93.0 Å². The third-order valence-electron chi connectivity index (χ3n) is 0.816. The predicted octanol–water partition coefficient (Wildman–Crippen LogP) is 0.0247. The van der Waals surface area contributed by atoms with Crippen LogP contribution in [-0.2, 0) is 29.0 Å². The molecule has 0 aromatic rings. The Morgan fingerprint density at radius 2 is 1.15 bits per heavy atom. The smallest absolute Gasteiger partial charge is 0.0745 e. The van der Waals surface area contributed by atoms with Crippen LogP contribution in [0.2, 0.25) is 0 Å². The third kappa shape index (κ3) is 32.7. The van der Waals surface area contributed by atoms with Gasteiger partial charge >= 0.3 is 0 Å². The minimum absolute atomic E-state index is 0. The van der Waals surface area contributed by atoms with Crippen molar-refractivity contribution in [1.29, 1.82) is 0 Å². The van der Waals surface area contributed by atoms with Gasteiger partial charge in [0.15, 0.2) is 0 Å². The molecule has 13 heavy (non-hydrogen) atoms. The topological polar surface area (TPSA) is 58.9 Å². The second kappa shape index (κ2) is 15.0. The zero-order valence-electron chi connectivity index (χ0n) is 8.99. The molecular weight excluding hydrogens is 225 g/mol. The number of methoxy groups -OCH3 is 2. The van der Waals surface area contributed by atoms with Gasteiger partial charge in [0.1, 0.15) is 0 Å². The molecule has 0 aliphatic carbocycles. The molecule has 0 saturated heterocycles. The van der Waals surface area contributed by atoms with Crippen LogP contribution in [0.4, 0.5) is 0 Å². The predicted molar refractivity (Wildman–Crippen MR) is 47.1 cm³/mol. The van der Waals surface area contributed by atoms with E-state index in [1.807, 2.05) is 0 Å².